The largest absolute Gasteiger partial charge is 0.336 e. The number of nitrogens with zero attached hydrogens (tertiary/aromatic N) is 2. The molecular weight excluding hydrogens is 469 g/mol. The van der Waals surface area contributed by atoms with Crippen LogP contribution in [0.1, 0.15) is 27.5 Å². The zero-order valence-corrected chi connectivity index (χ0v) is 18.2. The van der Waals surface area contributed by atoms with Crippen molar-refractivity contribution < 1.29 is 18.0 Å². The smallest absolute Gasteiger partial charge is 0.257 e. The van der Waals surface area contributed by atoms with E-state index in [-0.39, 0.29) is 6.04 Å². The standard InChI is InChI=1S/C24H20BrF3N2O/c25-18-8-6-17(7-9-18)23(16-4-2-1-3-5-16)29-10-12-30(13-11-29)24(31)19-14-21(27)22(28)15-20(19)26/h1-9,14-15,23H,10-13H2/t23-/m0/s1. The van der Waals surface area contributed by atoms with Gasteiger partial charge in [-0.25, -0.2) is 13.2 Å². The first-order valence-corrected chi connectivity index (χ1v) is 10.7. The highest BCUT2D eigenvalue weighted by molar-refractivity contribution is 9.10. The Morgan fingerprint density at radius 2 is 1.35 bits per heavy atom. The number of hydrogen-bond acceptors (Lipinski definition) is 2. The fourth-order valence-electron chi connectivity index (χ4n) is 3.93. The Morgan fingerprint density at radius 1 is 0.774 bits per heavy atom. The predicted molar refractivity (Wildman–Crippen MR) is 116 cm³/mol. The summed E-state index contributed by atoms with van der Waals surface area (Å²) < 4.78 is 41.8. The highest BCUT2D eigenvalue weighted by Crippen LogP contribution is 2.30. The normalized spacial score (nSPS) is 15.7. The van der Waals surface area contributed by atoms with E-state index in [9.17, 15) is 18.0 Å². The summed E-state index contributed by atoms with van der Waals surface area (Å²) in [4.78, 5) is 16.5. The minimum Gasteiger partial charge on any atom is -0.336 e. The average Bonchev–Trinajstić information content (AvgIpc) is 2.78. The van der Waals surface area contributed by atoms with Gasteiger partial charge in [-0.3, -0.25) is 9.69 Å². The van der Waals surface area contributed by atoms with Gasteiger partial charge in [-0.1, -0.05) is 58.4 Å². The van der Waals surface area contributed by atoms with E-state index < -0.39 is 28.9 Å². The van der Waals surface area contributed by atoms with Crippen LogP contribution in [0, 0.1) is 17.5 Å². The van der Waals surface area contributed by atoms with Gasteiger partial charge in [-0.15, -0.1) is 0 Å². The maximum absolute atomic E-state index is 14.0. The first-order chi connectivity index (χ1) is 14.9. The quantitative estimate of drug-likeness (QED) is 0.458. The van der Waals surface area contributed by atoms with Gasteiger partial charge in [0, 0.05) is 36.7 Å². The van der Waals surface area contributed by atoms with Crippen molar-refractivity contribution >= 4 is 21.8 Å². The molecule has 4 rings (SSSR count). The van der Waals surface area contributed by atoms with Crippen LogP contribution in [0.4, 0.5) is 13.2 Å². The van der Waals surface area contributed by atoms with Gasteiger partial charge in [0.25, 0.3) is 5.91 Å². The molecule has 0 bridgehead atoms. The van der Waals surface area contributed by atoms with E-state index in [1.54, 1.807) is 0 Å². The van der Waals surface area contributed by atoms with Gasteiger partial charge in [0.2, 0.25) is 0 Å². The van der Waals surface area contributed by atoms with Crippen LogP contribution in [0.15, 0.2) is 71.2 Å². The summed E-state index contributed by atoms with van der Waals surface area (Å²) in [6, 6.07) is 19.3. The highest BCUT2D eigenvalue weighted by Gasteiger charge is 2.30. The second-order valence-electron chi connectivity index (χ2n) is 7.44. The van der Waals surface area contributed by atoms with E-state index in [0.29, 0.717) is 38.3 Å². The van der Waals surface area contributed by atoms with Crippen molar-refractivity contribution in [2.75, 3.05) is 26.2 Å². The molecule has 31 heavy (non-hydrogen) atoms. The number of carbonyl (C=O) groups is 1. The molecule has 0 radical (unpaired) electrons. The van der Waals surface area contributed by atoms with Gasteiger partial charge in [-0.05, 0) is 29.3 Å². The van der Waals surface area contributed by atoms with Crippen molar-refractivity contribution in [3.05, 3.63) is 105 Å². The van der Waals surface area contributed by atoms with Crippen LogP contribution in [-0.2, 0) is 0 Å². The molecule has 0 N–H and O–H groups in total. The number of amides is 1. The van der Waals surface area contributed by atoms with Gasteiger partial charge in [0.1, 0.15) is 5.82 Å². The Bertz CT molecular complexity index is 1070. The molecule has 0 saturated carbocycles. The summed E-state index contributed by atoms with van der Waals surface area (Å²) in [6.07, 6.45) is 0. The van der Waals surface area contributed by atoms with E-state index in [0.717, 1.165) is 15.6 Å². The van der Waals surface area contributed by atoms with Crippen molar-refractivity contribution in [3.8, 4) is 0 Å². The Balaban J connectivity index is 1.53. The summed E-state index contributed by atoms with van der Waals surface area (Å²) >= 11 is 3.47. The topological polar surface area (TPSA) is 23.6 Å². The Morgan fingerprint density at radius 3 is 2.00 bits per heavy atom. The van der Waals surface area contributed by atoms with Crippen LogP contribution in [0.3, 0.4) is 0 Å². The Kier molecular flexibility index (Phi) is 6.43. The molecule has 1 amide bonds. The molecule has 3 aromatic carbocycles. The number of carbonyl (C=O) groups excluding carboxylic acids is 1. The van der Waals surface area contributed by atoms with Gasteiger partial charge in [0.15, 0.2) is 11.6 Å². The summed E-state index contributed by atoms with van der Waals surface area (Å²) in [6.45, 7) is 1.84. The third-order valence-electron chi connectivity index (χ3n) is 5.51. The van der Waals surface area contributed by atoms with Crippen molar-refractivity contribution in [3.63, 3.8) is 0 Å². The van der Waals surface area contributed by atoms with Crippen LogP contribution in [0.25, 0.3) is 0 Å². The molecule has 0 unspecified atom stereocenters. The summed E-state index contributed by atoms with van der Waals surface area (Å²) in [5.41, 5.74) is 1.82. The van der Waals surface area contributed by atoms with Crippen molar-refractivity contribution in [2.45, 2.75) is 6.04 Å². The van der Waals surface area contributed by atoms with Crippen molar-refractivity contribution in [2.24, 2.45) is 0 Å². The zero-order chi connectivity index (χ0) is 22.0. The molecule has 3 nitrogen and oxygen atoms in total. The van der Waals surface area contributed by atoms with Gasteiger partial charge in [0.05, 0.1) is 11.6 Å². The molecule has 3 aromatic rings. The molecule has 1 saturated heterocycles. The van der Waals surface area contributed by atoms with E-state index in [4.69, 9.17) is 0 Å². The molecule has 0 aromatic heterocycles. The van der Waals surface area contributed by atoms with Gasteiger partial charge >= 0.3 is 0 Å². The lowest BCUT2D eigenvalue weighted by molar-refractivity contribution is 0.0592. The zero-order valence-electron chi connectivity index (χ0n) is 16.6. The van der Waals surface area contributed by atoms with Crippen molar-refractivity contribution in [1.29, 1.82) is 0 Å². The maximum atomic E-state index is 14.0. The summed E-state index contributed by atoms with van der Waals surface area (Å²) in [5.74, 6) is -4.22. The minimum absolute atomic E-state index is 0.00607. The van der Waals surface area contributed by atoms with Crippen LogP contribution >= 0.6 is 15.9 Å². The van der Waals surface area contributed by atoms with Crippen molar-refractivity contribution in [1.82, 2.24) is 9.80 Å². The highest BCUT2D eigenvalue weighted by atomic mass is 79.9. The monoisotopic (exact) mass is 488 g/mol. The van der Waals surface area contributed by atoms with Gasteiger partial charge < -0.3 is 4.90 Å². The third-order valence-corrected chi connectivity index (χ3v) is 6.04. The average molecular weight is 489 g/mol. The second-order valence-corrected chi connectivity index (χ2v) is 8.35. The minimum atomic E-state index is -1.31. The van der Waals surface area contributed by atoms with Crippen LogP contribution < -0.4 is 0 Å². The number of rotatable bonds is 4. The fourth-order valence-corrected chi connectivity index (χ4v) is 4.20. The van der Waals surface area contributed by atoms with E-state index >= 15 is 0 Å². The van der Waals surface area contributed by atoms with Crippen LogP contribution in [0.2, 0.25) is 0 Å². The van der Waals surface area contributed by atoms with Crippen LogP contribution in [-0.4, -0.2) is 41.9 Å². The fraction of sp³-hybridized carbons (Fsp3) is 0.208. The molecule has 1 heterocycles. The lowest BCUT2D eigenvalue weighted by Crippen LogP contribution is -2.50. The molecule has 0 spiro atoms. The first-order valence-electron chi connectivity index (χ1n) is 9.92. The Labute approximate surface area is 187 Å². The summed E-state index contributed by atoms with van der Waals surface area (Å²) in [5, 5.41) is 0. The van der Waals surface area contributed by atoms with E-state index in [2.05, 4.69) is 45.1 Å². The molecular formula is C24H20BrF3N2O. The molecule has 7 heteroatoms. The van der Waals surface area contributed by atoms with E-state index in [1.807, 2.05) is 30.3 Å². The molecule has 1 atom stereocenters. The lowest BCUT2D eigenvalue weighted by Gasteiger charge is -2.40. The molecule has 1 aliphatic rings. The number of piperazine rings is 1. The van der Waals surface area contributed by atoms with E-state index in [1.165, 1.54) is 4.90 Å². The second kappa shape index (κ2) is 9.24. The maximum Gasteiger partial charge on any atom is 0.257 e. The Hall–Kier alpha value is -2.64. The number of hydrogen-bond donors (Lipinski definition) is 0. The SMILES string of the molecule is O=C(c1cc(F)c(F)cc1F)N1CCN([C@@H](c2ccccc2)c2ccc(Br)cc2)CC1. The third kappa shape index (κ3) is 4.67. The summed E-state index contributed by atoms with van der Waals surface area (Å²) in [7, 11) is 0. The number of halogens is 4. The number of benzene rings is 3. The lowest BCUT2D eigenvalue weighted by atomic mass is 9.96. The molecule has 1 fully saturated rings. The predicted octanol–water partition coefficient (Wildman–Crippen LogP) is 5.41. The van der Waals surface area contributed by atoms with Gasteiger partial charge in [-0.2, -0.15) is 0 Å². The molecule has 1 aliphatic heterocycles. The molecule has 160 valence electrons. The molecule has 0 aliphatic carbocycles. The first kappa shape index (κ1) is 21.6. The van der Waals surface area contributed by atoms with Crippen LogP contribution in [0.5, 0.6) is 0 Å².